The Bertz CT molecular complexity index is 2220. The molecule has 9 rings (SSSR count). The summed E-state index contributed by atoms with van der Waals surface area (Å²) in [4.78, 5) is 0. The van der Waals surface area contributed by atoms with Crippen LogP contribution in [0.5, 0.6) is 11.5 Å². The Hall–Kier alpha value is -5.14. The van der Waals surface area contributed by atoms with Gasteiger partial charge in [0.2, 0.25) is 0 Å². The van der Waals surface area contributed by atoms with Crippen molar-refractivity contribution in [2.24, 2.45) is 0 Å². The van der Waals surface area contributed by atoms with E-state index in [-0.39, 0.29) is 0 Å². The molecule has 0 aliphatic carbocycles. The van der Waals surface area contributed by atoms with Crippen molar-refractivity contribution in [1.29, 1.82) is 0 Å². The second kappa shape index (κ2) is 7.69. The van der Waals surface area contributed by atoms with E-state index in [1.165, 1.54) is 70.9 Å². The quantitative estimate of drug-likeness (QED) is 0.217. The molecule has 0 bridgehead atoms. The standard InChI is InChI=1S/C38H22O/c1-2-9-34-31(8-1)33-22-29(21-28-7-4-10-35(39-34)37(28)33)23-11-13-24(14-12-23)30-19-17-27-16-15-25-5-3-6-26-18-20-32(30)38(27)36(25)26/h1-22H. The van der Waals surface area contributed by atoms with Gasteiger partial charge >= 0.3 is 0 Å². The van der Waals surface area contributed by atoms with Crippen LogP contribution in [0.1, 0.15) is 0 Å². The van der Waals surface area contributed by atoms with Crippen molar-refractivity contribution in [2.75, 3.05) is 0 Å². The second-order valence-electron chi connectivity index (χ2n) is 10.5. The van der Waals surface area contributed by atoms with Gasteiger partial charge in [0.1, 0.15) is 11.5 Å². The van der Waals surface area contributed by atoms with Crippen LogP contribution in [0.15, 0.2) is 133 Å². The van der Waals surface area contributed by atoms with Crippen LogP contribution in [0.25, 0.3) is 76.5 Å². The third kappa shape index (κ3) is 2.96. The van der Waals surface area contributed by atoms with Crippen LogP contribution in [0, 0.1) is 0 Å². The third-order valence-electron chi connectivity index (χ3n) is 8.39. The molecule has 1 aliphatic rings. The lowest BCUT2D eigenvalue weighted by molar-refractivity contribution is 0.487. The predicted octanol–water partition coefficient (Wildman–Crippen LogP) is 10.8. The fraction of sp³-hybridized carbons (Fsp3) is 0. The van der Waals surface area contributed by atoms with Crippen molar-refractivity contribution in [3.8, 4) is 44.9 Å². The molecule has 8 aromatic rings. The minimum atomic E-state index is 0.916. The van der Waals surface area contributed by atoms with Crippen molar-refractivity contribution < 1.29 is 4.74 Å². The maximum atomic E-state index is 6.24. The van der Waals surface area contributed by atoms with Crippen molar-refractivity contribution in [3.05, 3.63) is 133 Å². The molecule has 1 nitrogen and oxygen atoms in total. The van der Waals surface area contributed by atoms with E-state index in [1.54, 1.807) is 0 Å². The monoisotopic (exact) mass is 494 g/mol. The zero-order valence-electron chi connectivity index (χ0n) is 21.1. The fourth-order valence-corrected chi connectivity index (χ4v) is 6.58. The lowest BCUT2D eigenvalue weighted by Crippen LogP contribution is -1.97. The van der Waals surface area contributed by atoms with Gasteiger partial charge < -0.3 is 4.74 Å². The number of para-hydroxylation sites is 1. The zero-order chi connectivity index (χ0) is 25.5. The highest BCUT2D eigenvalue weighted by Gasteiger charge is 2.20. The number of hydrogen-bond acceptors (Lipinski definition) is 1. The molecule has 1 heteroatoms. The van der Waals surface area contributed by atoms with Gasteiger partial charge in [-0.05, 0) is 89.8 Å². The molecule has 39 heavy (non-hydrogen) atoms. The van der Waals surface area contributed by atoms with E-state index in [0.717, 1.165) is 17.1 Å². The lowest BCUT2D eigenvalue weighted by Gasteiger charge is -2.22. The number of rotatable bonds is 2. The van der Waals surface area contributed by atoms with Gasteiger partial charge in [0.05, 0.1) is 0 Å². The van der Waals surface area contributed by atoms with Gasteiger partial charge in [-0.25, -0.2) is 0 Å². The first-order valence-corrected chi connectivity index (χ1v) is 13.4. The minimum Gasteiger partial charge on any atom is -0.456 e. The number of ether oxygens (including phenoxy) is 1. The lowest BCUT2D eigenvalue weighted by atomic mass is 9.88. The topological polar surface area (TPSA) is 9.23 Å². The van der Waals surface area contributed by atoms with Crippen LogP contribution in [0.2, 0.25) is 0 Å². The van der Waals surface area contributed by atoms with E-state index in [2.05, 4.69) is 127 Å². The zero-order valence-corrected chi connectivity index (χ0v) is 21.1. The maximum Gasteiger partial charge on any atom is 0.135 e. The number of benzene rings is 8. The van der Waals surface area contributed by atoms with Gasteiger partial charge in [0.15, 0.2) is 0 Å². The molecule has 0 atom stereocenters. The van der Waals surface area contributed by atoms with Crippen molar-refractivity contribution >= 4 is 43.1 Å². The molecular formula is C38H22O. The number of hydrogen-bond donors (Lipinski definition) is 0. The molecule has 0 fully saturated rings. The fourth-order valence-electron chi connectivity index (χ4n) is 6.58. The first-order valence-electron chi connectivity index (χ1n) is 13.4. The molecule has 0 radical (unpaired) electrons. The summed E-state index contributed by atoms with van der Waals surface area (Å²) in [6, 6.07) is 48.5. The Kier molecular flexibility index (Phi) is 4.11. The molecule has 1 heterocycles. The van der Waals surface area contributed by atoms with E-state index in [0.29, 0.717) is 0 Å². The molecule has 180 valence electrons. The Morgan fingerprint density at radius 3 is 1.87 bits per heavy atom. The van der Waals surface area contributed by atoms with E-state index in [4.69, 9.17) is 4.74 Å². The van der Waals surface area contributed by atoms with Crippen LogP contribution >= 0.6 is 0 Å². The van der Waals surface area contributed by atoms with Crippen LogP contribution < -0.4 is 4.74 Å². The van der Waals surface area contributed by atoms with Crippen molar-refractivity contribution in [1.82, 2.24) is 0 Å². The summed E-state index contributed by atoms with van der Waals surface area (Å²) in [5.41, 5.74) is 7.32. The van der Waals surface area contributed by atoms with Crippen LogP contribution in [0.3, 0.4) is 0 Å². The smallest absolute Gasteiger partial charge is 0.135 e. The number of fused-ring (bicyclic) bond motifs is 2. The van der Waals surface area contributed by atoms with Crippen molar-refractivity contribution in [3.63, 3.8) is 0 Å². The van der Waals surface area contributed by atoms with Gasteiger partial charge in [-0.3, -0.25) is 0 Å². The van der Waals surface area contributed by atoms with Gasteiger partial charge in [-0.1, -0.05) is 109 Å². The van der Waals surface area contributed by atoms with E-state index < -0.39 is 0 Å². The molecule has 0 unspecified atom stereocenters. The van der Waals surface area contributed by atoms with Crippen LogP contribution in [-0.2, 0) is 0 Å². The molecular weight excluding hydrogens is 472 g/mol. The highest BCUT2D eigenvalue weighted by Crippen LogP contribution is 2.48. The summed E-state index contributed by atoms with van der Waals surface area (Å²) >= 11 is 0. The molecule has 0 spiro atoms. The van der Waals surface area contributed by atoms with Gasteiger partial charge in [0.25, 0.3) is 0 Å². The second-order valence-corrected chi connectivity index (χ2v) is 10.5. The van der Waals surface area contributed by atoms with Crippen molar-refractivity contribution in [2.45, 2.75) is 0 Å². The van der Waals surface area contributed by atoms with Crippen LogP contribution in [-0.4, -0.2) is 0 Å². The Balaban J connectivity index is 1.20. The average molecular weight is 495 g/mol. The Labute approximate surface area is 225 Å². The van der Waals surface area contributed by atoms with Crippen LogP contribution in [0.4, 0.5) is 0 Å². The summed E-state index contributed by atoms with van der Waals surface area (Å²) < 4.78 is 6.24. The van der Waals surface area contributed by atoms with Gasteiger partial charge in [-0.2, -0.15) is 0 Å². The average Bonchev–Trinajstić information content (AvgIpc) is 3.00. The largest absolute Gasteiger partial charge is 0.456 e. The summed E-state index contributed by atoms with van der Waals surface area (Å²) in [6.07, 6.45) is 0. The van der Waals surface area contributed by atoms with Gasteiger partial charge in [-0.15, -0.1) is 0 Å². The summed E-state index contributed by atoms with van der Waals surface area (Å²) in [7, 11) is 0. The molecule has 0 saturated heterocycles. The molecule has 0 saturated carbocycles. The highest BCUT2D eigenvalue weighted by atomic mass is 16.5. The Morgan fingerprint density at radius 1 is 0.333 bits per heavy atom. The highest BCUT2D eigenvalue weighted by molar-refractivity contribution is 6.25. The first-order chi connectivity index (χ1) is 19.3. The predicted molar refractivity (Wildman–Crippen MR) is 164 cm³/mol. The molecule has 1 aliphatic heterocycles. The summed E-state index contributed by atoms with van der Waals surface area (Å²) in [5, 5.41) is 10.3. The molecule has 0 aromatic heterocycles. The normalized spacial score (nSPS) is 12.3. The summed E-state index contributed by atoms with van der Waals surface area (Å²) in [5.74, 6) is 1.84. The maximum absolute atomic E-state index is 6.24. The molecule has 0 N–H and O–H groups in total. The SMILES string of the molecule is c1ccc2c(c1)Oc1cccc3cc(-c4ccc(-c5ccc6ccc7cccc8ccc5c6c78)cc4)cc-2c13. The molecule has 8 aromatic carbocycles. The van der Waals surface area contributed by atoms with E-state index in [1.807, 2.05) is 6.07 Å². The minimum absolute atomic E-state index is 0.916. The summed E-state index contributed by atoms with van der Waals surface area (Å²) in [6.45, 7) is 0. The first kappa shape index (κ1) is 20.9. The van der Waals surface area contributed by atoms with Gasteiger partial charge in [0, 0.05) is 10.9 Å². The van der Waals surface area contributed by atoms with E-state index >= 15 is 0 Å². The molecule has 0 amide bonds. The Morgan fingerprint density at radius 2 is 1.00 bits per heavy atom. The van der Waals surface area contributed by atoms with E-state index in [9.17, 15) is 0 Å². The third-order valence-corrected chi connectivity index (χ3v) is 8.39.